The monoisotopic (exact) mass is 489 g/mol. The number of benzene rings is 2. The molecule has 9 heteroatoms. The van der Waals surface area contributed by atoms with Crippen molar-refractivity contribution in [1.82, 2.24) is 15.1 Å². The normalized spacial score (nSPS) is 17.7. The second kappa shape index (κ2) is 10.0. The number of hydrogen-bond acceptors (Lipinski definition) is 6. The van der Waals surface area contributed by atoms with Crippen molar-refractivity contribution in [2.24, 2.45) is 0 Å². The molecular weight excluding hydrogens is 458 g/mol. The molecule has 3 heterocycles. The summed E-state index contributed by atoms with van der Waals surface area (Å²) in [5.74, 6) is 0.944. The Morgan fingerprint density at radius 2 is 1.75 bits per heavy atom. The maximum Gasteiger partial charge on any atom is 0.276 e. The van der Waals surface area contributed by atoms with Gasteiger partial charge in [-0.1, -0.05) is 12.1 Å². The minimum atomic E-state index is -0.170. The first-order valence-corrected chi connectivity index (χ1v) is 12.2. The maximum atomic E-state index is 13.5. The van der Waals surface area contributed by atoms with E-state index in [1.807, 2.05) is 48.5 Å². The van der Waals surface area contributed by atoms with E-state index in [-0.39, 0.29) is 17.7 Å². The molecule has 2 aliphatic heterocycles. The topological polar surface area (TPSA) is 91.0 Å². The van der Waals surface area contributed by atoms with Crippen molar-refractivity contribution in [1.29, 1.82) is 0 Å². The summed E-state index contributed by atoms with van der Waals surface area (Å²) in [6.45, 7) is 2.81. The van der Waals surface area contributed by atoms with Crippen molar-refractivity contribution in [2.45, 2.75) is 18.8 Å². The molecule has 1 atom stereocenters. The van der Waals surface area contributed by atoms with Crippen LogP contribution in [0, 0.1) is 0 Å². The predicted molar refractivity (Wildman–Crippen MR) is 137 cm³/mol. The molecule has 1 N–H and O–H groups in total. The number of nitrogens with one attached hydrogen (secondary N) is 1. The Kier molecular flexibility index (Phi) is 6.65. The maximum absolute atomic E-state index is 13.5. The van der Waals surface area contributed by atoms with Crippen molar-refractivity contribution < 1.29 is 19.1 Å². The summed E-state index contributed by atoms with van der Waals surface area (Å²) in [4.78, 5) is 31.8. The fourth-order valence-corrected chi connectivity index (χ4v) is 5.04. The van der Waals surface area contributed by atoms with E-state index in [0.717, 1.165) is 54.2 Å². The number of rotatable bonds is 7. The number of carbonyl (C=O) groups excluding carboxylic acids is 2. The van der Waals surface area contributed by atoms with Crippen LogP contribution in [-0.2, 0) is 4.79 Å². The number of nitrogens with zero attached hydrogens (tertiary/aromatic N) is 4. The standard InChI is InChI=1S/C27H31N5O4/c1-30(23(33)17-31-14-4-5-15-31)19-8-10-20(11-9-19)32-16-22(18-6-12-21(35-2)13-7-18)24-25(27(32)34)28-29-26(24)36-3/h6-13,22H,4-5,14-17H2,1-3H3,(H,28,29). The highest BCUT2D eigenvalue weighted by atomic mass is 16.5. The molecule has 1 saturated heterocycles. The van der Waals surface area contributed by atoms with E-state index >= 15 is 0 Å². The smallest absolute Gasteiger partial charge is 0.276 e. The number of aromatic amines is 1. The largest absolute Gasteiger partial charge is 0.497 e. The van der Waals surface area contributed by atoms with E-state index in [4.69, 9.17) is 9.47 Å². The highest BCUT2D eigenvalue weighted by molar-refractivity contribution is 6.08. The molecule has 3 aromatic rings. The molecule has 0 radical (unpaired) electrons. The van der Waals surface area contributed by atoms with Crippen molar-refractivity contribution in [3.63, 3.8) is 0 Å². The van der Waals surface area contributed by atoms with Crippen LogP contribution in [-0.4, -0.2) is 74.4 Å². The number of methoxy groups -OCH3 is 2. The molecule has 1 unspecified atom stereocenters. The zero-order valence-corrected chi connectivity index (χ0v) is 20.9. The van der Waals surface area contributed by atoms with Crippen LogP contribution in [0.2, 0.25) is 0 Å². The second-order valence-electron chi connectivity index (χ2n) is 9.22. The highest BCUT2D eigenvalue weighted by Crippen LogP contribution is 2.40. The van der Waals surface area contributed by atoms with E-state index in [1.54, 1.807) is 31.1 Å². The first-order valence-electron chi connectivity index (χ1n) is 12.2. The molecule has 1 fully saturated rings. The molecule has 1 aromatic heterocycles. The molecule has 9 nitrogen and oxygen atoms in total. The summed E-state index contributed by atoms with van der Waals surface area (Å²) in [7, 11) is 4.98. The van der Waals surface area contributed by atoms with Gasteiger partial charge >= 0.3 is 0 Å². The minimum absolute atomic E-state index is 0.0625. The molecule has 2 aliphatic rings. The van der Waals surface area contributed by atoms with Crippen molar-refractivity contribution in [3.05, 3.63) is 65.4 Å². The van der Waals surface area contributed by atoms with Gasteiger partial charge in [-0.05, 0) is 67.9 Å². The Morgan fingerprint density at radius 3 is 2.39 bits per heavy atom. The Labute approximate surface area is 210 Å². The summed E-state index contributed by atoms with van der Waals surface area (Å²) in [5, 5.41) is 7.11. The van der Waals surface area contributed by atoms with Gasteiger partial charge in [0.05, 0.1) is 26.3 Å². The lowest BCUT2D eigenvalue weighted by Crippen LogP contribution is -2.40. The van der Waals surface area contributed by atoms with Gasteiger partial charge in [0.2, 0.25) is 11.8 Å². The molecular formula is C27H31N5O4. The number of carbonyl (C=O) groups is 2. The van der Waals surface area contributed by atoms with Crippen LogP contribution in [0.5, 0.6) is 11.6 Å². The Balaban J connectivity index is 1.40. The van der Waals surface area contributed by atoms with E-state index < -0.39 is 0 Å². The number of fused-ring (bicyclic) bond motifs is 1. The Bertz CT molecular complexity index is 1230. The highest BCUT2D eigenvalue weighted by Gasteiger charge is 2.38. The van der Waals surface area contributed by atoms with Crippen LogP contribution >= 0.6 is 0 Å². The molecule has 2 aromatic carbocycles. The fraction of sp³-hybridized carbons (Fsp3) is 0.370. The van der Waals surface area contributed by atoms with Gasteiger partial charge in [-0.3, -0.25) is 19.6 Å². The molecule has 2 amide bonds. The van der Waals surface area contributed by atoms with E-state index in [2.05, 4.69) is 15.1 Å². The van der Waals surface area contributed by atoms with Gasteiger partial charge in [0.1, 0.15) is 11.4 Å². The summed E-state index contributed by atoms with van der Waals surface area (Å²) >= 11 is 0. The van der Waals surface area contributed by atoms with Crippen molar-refractivity contribution in [2.75, 3.05) is 57.2 Å². The van der Waals surface area contributed by atoms with E-state index in [1.165, 1.54) is 0 Å². The number of ether oxygens (including phenoxy) is 2. The van der Waals surface area contributed by atoms with Gasteiger partial charge in [-0.15, -0.1) is 5.10 Å². The molecule has 0 saturated carbocycles. The first-order chi connectivity index (χ1) is 17.5. The number of likely N-dealkylation sites (N-methyl/N-ethyl adjacent to an activating group) is 1. The Hall–Kier alpha value is -3.85. The zero-order chi connectivity index (χ0) is 25.2. The zero-order valence-electron chi connectivity index (χ0n) is 20.9. The lowest BCUT2D eigenvalue weighted by Gasteiger charge is -2.33. The third-order valence-corrected chi connectivity index (χ3v) is 7.13. The lowest BCUT2D eigenvalue weighted by atomic mass is 9.87. The third-order valence-electron chi connectivity index (χ3n) is 7.13. The van der Waals surface area contributed by atoms with Gasteiger partial charge < -0.3 is 19.3 Å². The minimum Gasteiger partial charge on any atom is -0.497 e. The third kappa shape index (κ3) is 4.42. The number of H-pyrrole nitrogens is 1. The fourth-order valence-electron chi connectivity index (χ4n) is 5.04. The number of hydrogen-bond donors (Lipinski definition) is 1. The van der Waals surface area contributed by atoms with Crippen LogP contribution in [0.3, 0.4) is 0 Å². The molecule has 36 heavy (non-hydrogen) atoms. The summed E-state index contributed by atoms with van der Waals surface area (Å²) in [5.41, 5.74) is 3.75. The first kappa shape index (κ1) is 23.9. The molecule has 0 bridgehead atoms. The molecule has 5 rings (SSSR count). The molecule has 188 valence electrons. The molecule has 0 spiro atoms. The van der Waals surface area contributed by atoms with Gasteiger partial charge in [-0.25, -0.2) is 0 Å². The quantitative estimate of drug-likeness (QED) is 0.548. The Morgan fingerprint density at radius 1 is 1.06 bits per heavy atom. The van der Waals surface area contributed by atoms with Crippen molar-refractivity contribution in [3.8, 4) is 11.6 Å². The van der Waals surface area contributed by atoms with Crippen LogP contribution in [0.15, 0.2) is 48.5 Å². The second-order valence-corrected chi connectivity index (χ2v) is 9.22. The van der Waals surface area contributed by atoms with Crippen LogP contribution in [0.4, 0.5) is 11.4 Å². The molecule has 0 aliphatic carbocycles. The SMILES string of the molecule is COc1ccc(C2CN(c3ccc(N(C)C(=O)CN4CCCC4)cc3)C(=O)c3[nH]nc(OC)c32)cc1. The van der Waals surface area contributed by atoms with Crippen LogP contribution < -0.4 is 19.3 Å². The van der Waals surface area contributed by atoms with Crippen LogP contribution in [0.1, 0.15) is 40.4 Å². The van der Waals surface area contributed by atoms with Gasteiger partial charge in [-0.2, -0.15) is 0 Å². The van der Waals surface area contributed by atoms with E-state index in [9.17, 15) is 9.59 Å². The number of amides is 2. The van der Waals surface area contributed by atoms with Gasteiger partial charge in [0.25, 0.3) is 5.91 Å². The number of anilines is 2. The predicted octanol–water partition coefficient (Wildman–Crippen LogP) is 3.28. The van der Waals surface area contributed by atoms with Crippen molar-refractivity contribution >= 4 is 23.2 Å². The summed E-state index contributed by atoms with van der Waals surface area (Å²) in [6.07, 6.45) is 2.30. The number of likely N-dealkylation sites (tertiary alicyclic amines) is 1. The van der Waals surface area contributed by atoms with Crippen LogP contribution in [0.25, 0.3) is 0 Å². The number of aromatic nitrogens is 2. The lowest BCUT2D eigenvalue weighted by molar-refractivity contribution is -0.119. The van der Waals surface area contributed by atoms with E-state index in [0.29, 0.717) is 24.7 Å². The average molecular weight is 490 g/mol. The van der Waals surface area contributed by atoms with Gasteiger partial charge in [0.15, 0.2) is 0 Å². The average Bonchev–Trinajstić information content (AvgIpc) is 3.59. The summed E-state index contributed by atoms with van der Waals surface area (Å²) < 4.78 is 10.8. The summed E-state index contributed by atoms with van der Waals surface area (Å²) in [6, 6.07) is 15.4. The van der Waals surface area contributed by atoms with Gasteiger partial charge in [0, 0.05) is 30.9 Å².